The highest BCUT2D eigenvalue weighted by Gasteiger charge is 2.43. The van der Waals surface area contributed by atoms with Gasteiger partial charge in [0.1, 0.15) is 11.5 Å². The fraction of sp³-hybridized carbons (Fsp3) is 0.512. The molecule has 0 fully saturated rings. The topological polar surface area (TPSA) is 89.5 Å². The Morgan fingerprint density at radius 1 is 0.608 bits per heavy atom. The maximum absolute atomic E-state index is 13.3. The highest BCUT2D eigenvalue weighted by Crippen LogP contribution is 2.61. The van der Waals surface area contributed by atoms with E-state index < -0.39 is 34.4 Å². The van der Waals surface area contributed by atoms with Crippen LogP contribution < -0.4 is 27.8 Å². The number of hydrogen-bond donors (Lipinski definition) is 0. The van der Waals surface area contributed by atoms with Crippen molar-refractivity contribution in [3.8, 4) is 56.8 Å². The van der Waals surface area contributed by atoms with Gasteiger partial charge in [-0.25, -0.2) is 0 Å². The lowest BCUT2D eigenvalue weighted by atomic mass is 9.95. The third-order valence-corrected chi connectivity index (χ3v) is 18.7. The Balaban J connectivity index is 2.00. The lowest BCUT2D eigenvalue weighted by Gasteiger charge is -2.36. The van der Waals surface area contributed by atoms with Crippen LogP contribution in [-0.4, -0.2) is 34.4 Å². The summed E-state index contributed by atoms with van der Waals surface area (Å²) in [7, 11) is -4.21. The van der Waals surface area contributed by atoms with Crippen LogP contribution in [0.1, 0.15) is 94.9 Å². The minimum absolute atomic E-state index is 0.0199. The fourth-order valence-electron chi connectivity index (χ4n) is 5.10. The van der Waals surface area contributed by atoms with Crippen LogP contribution in [0.15, 0.2) is 48.5 Å². The molecule has 1 heterocycles. The van der Waals surface area contributed by atoms with Crippen LogP contribution in [0.2, 0.25) is 36.3 Å². The molecule has 3 aromatic carbocycles. The maximum Gasteiger partial charge on any atom is 0.311 e. The van der Waals surface area contributed by atoms with Gasteiger partial charge < -0.3 is 27.8 Å². The molecule has 4 rings (SSSR count). The molecular formula is C41H58O8Si2. The van der Waals surface area contributed by atoms with E-state index in [0.717, 1.165) is 11.5 Å². The maximum atomic E-state index is 13.3. The van der Waals surface area contributed by atoms with E-state index in [1.165, 1.54) is 0 Å². The monoisotopic (exact) mass is 734 g/mol. The Bertz CT molecular complexity index is 1600. The summed E-state index contributed by atoms with van der Waals surface area (Å²) in [5.41, 5.74) is 2.29. The molecule has 0 bridgehead atoms. The van der Waals surface area contributed by atoms with Gasteiger partial charge in [0.05, 0.1) is 11.1 Å². The average molecular weight is 735 g/mol. The van der Waals surface area contributed by atoms with Gasteiger partial charge >= 0.3 is 11.9 Å². The van der Waals surface area contributed by atoms with Gasteiger partial charge in [-0.1, -0.05) is 79.7 Å². The molecule has 1 aliphatic rings. The summed E-state index contributed by atoms with van der Waals surface area (Å²) in [6.07, 6.45) is 1.52. The standard InChI is InChI=1S/C41H58O8Si2/c1-15-17-31(42)44-35-33(27-19-23-29(24-20-27)48-50(11,12)39(3,4)5)37-38(47-41(9,10)46-37)34(36(35)45-32(43)18-16-2)28-21-25-30(26-22-28)49-51(13,14)40(6,7)8/h19-26H,15-18H2,1-14H3. The first-order valence-corrected chi connectivity index (χ1v) is 23.9. The Morgan fingerprint density at radius 2 is 0.922 bits per heavy atom. The van der Waals surface area contributed by atoms with E-state index in [4.69, 9.17) is 27.8 Å². The highest BCUT2D eigenvalue weighted by molar-refractivity contribution is 6.75. The molecule has 0 radical (unpaired) electrons. The predicted octanol–water partition coefficient (Wildman–Crippen LogP) is 11.7. The number of esters is 2. The Labute approximate surface area is 307 Å². The lowest BCUT2D eigenvalue weighted by Crippen LogP contribution is -2.43. The van der Waals surface area contributed by atoms with Gasteiger partial charge in [0.2, 0.25) is 22.4 Å². The average Bonchev–Trinajstić information content (AvgIpc) is 3.31. The van der Waals surface area contributed by atoms with Gasteiger partial charge in [0.15, 0.2) is 23.0 Å². The first-order valence-electron chi connectivity index (χ1n) is 18.1. The summed E-state index contributed by atoms with van der Waals surface area (Å²) in [4.78, 5) is 26.7. The first-order chi connectivity index (χ1) is 23.5. The second kappa shape index (κ2) is 14.7. The zero-order chi connectivity index (χ0) is 38.2. The fourth-order valence-corrected chi connectivity index (χ4v) is 7.16. The van der Waals surface area contributed by atoms with Gasteiger partial charge in [-0.2, -0.15) is 0 Å². The minimum Gasteiger partial charge on any atom is -0.544 e. The molecule has 10 heteroatoms. The van der Waals surface area contributed by atoms with Crippen molar-refractivity contribution in [2.45, 2.75) is 137 Å². The molecule has 0 saturated heterocycles. The third-order valence-electron chi connectivity index (χ3n) is 10.0. The van der Waals surface area contributed by atoms with E-state index in [1.54, 1.807) is 0 Å². The van der Waals surface area contributed by atoms with Crippen molar-refractivity contribution in [2.24, 2.45) is 0 Å². The molecule has 0 aliphatic carbocycles. The third kappa shape index (κ3) is 9.00. The van der Waals surface area contributed by atoms with E-state index in [0.29, 0.717) is 46.6 Å². The van der Waals surface area contributed by atoms with Crippen LogP contribution in [0.3, 0.4) is 0 Å². The Hall–Kier alpha value is -3.77. The van der Waals surface area contributed by atoms with Gasteiger partial charge in [-0.05, 0) is 84.5 Å². The SMILES string of the molecule is CCCC(=O)Oc1c(OC(=O)CCC)c(-c2ccc(O[Si](C)(C)C(C)(C)C)cc2)c2c(c1-c1ccc(O[Si](C)(C)C(C)(C)C)cc1)OC(C)(C)O2. The number of benzene rings is 3. The van der Waals surface area contributed by atoms with Crippen molar-refractivity contribution in [3.05, 3.63) is 48.5 Å². The smallest absolute Gasteiger partial charge is 0.311 e. The second-order valence-corrected chi connectivity index (χ2v) is 26.3. The van der Waals surface area contributed by atoms with E-state index in [9.17, 15) is 9.59 Å². The summed E-state index contributed by atoms with van der Waals surface area (Å²) >= 11 is 0. The number of rotatable bonds is 12. The van der Waals surface area contributed by atoms with Crippen LogP contribution in [0.25, 0.3) is 22.3 Å². The van der Waals surface area contributed by atoms with Gasteiger partial charge in [0, 0.05) is 26.7 Å². The molecule has 0 N–H and O–H groups in total. The summed E-state index contributed by atoms with van der Waals surface area (Å²) < 4.78 is 38.6. The number of fused-ring (bicyclic) bond motifs is 1. The van der Waals surface area contributed by atoms with Crippen molar-refractivity contribution in [3.63, 3.8) is 0 Å². The van der Waals surface area contributed by atoms with Crippen molar-refractivity contribution >= 4 is 28.6 Å². The molecule has 0 aromatic heterocycles. The molecule has 1 aliphatic heterocycles. The van der Waals surface area contributed by atoms with E-state index >= 15 is 0 Å². The quantitative estimate of drug-likeness (QED) is 0.103. The van der Waals surface area contributed by atoms with Crippen molar-refractivity contribution in [1.29, 1.82) is 0 Å². The normalized spacial score (nSPS) is 14.2. The number of carbonyl (C=O) groups excluding carboxylic acids is 2. The highest BCUT2D eigenvalue weighted by atomic mass is 28.4. The van der Waals surface area contributed by atoms with Crippen LogP contribution in [0, 0.1) is 0 Å². The molecule has 51 heavy (non-hydrogen) atoms. The summed E-state index contributed by atoms with van der Waals surface area (Å²) in [6, 6.07) is 15.3. The van der Waals surface area contributed by atoms with Crippen molar-refractivity contribution in [2.75, 3.05) is 0 Å². The van der Waals surface area contributed by atoms with Crippen LogP contribution in [0.5, 0.6) is 34.5 Å². The zero-order valence-corrected chi connectivity index (χ0v) is 35.2. The summed E-state index contributed by atoms with van der Waals surface area (Å²) in [5.74, 6) is 0.511. The van der Waals surface area contributed by atoms with Crippen LogP contribution >= 0.6 is 0 Å². The van der Waals surface area contributed by atoms with Crippen LogP contribution in [-0.2, 0) is 9.59 Å². The van der Waals surface area contributed by atoms with E-state index in [-0.39, 0.29) is 34.4 Å². The lowest BCUT2D eigenvalue weighted by molar-refractivity contribution is -0.137. The van der Waals surface area contributed by atoms with Crippen molar-refractivity contribution < 1.29 is 37.4 Å². The molecular weight excluding hydrogens is 677 g/mol. The molecule has 0 saturated carbocycles. The van der Waals surface area contributed by atoms with E-state index in [1.807, 2.05) is 76.2 Å². The number of carbonyl (C=O) groups is 2. The molecule has 3 aromatic rings. The molecule has 8 nitrogen and oxygen atoms in total. The molecule has 0 unspecified atom stereocenters. The second-order valence-electron chi connectivity index (χ2n) is 16.9. The van der Waals surface area contributed by atoms with Gasteiger partial charge in [-0.3, -0.25) is 9.59 Å². The summed E-state index contributed by atoms with van der Waals surface area (Å²) in [6.45, 7) is 29.5. The molecule has 0 amide bonds. The summed E-state index contributed by atoms with van der Waals surface area (Å²) in [5, 5.41) is 0.0398. The van der Waals surface area contributed by atoms with Gasteiger partial charge in [0.25, 0.3) is 0 Å². The number of ether oxygens (including phenoxy) is 4. The predicted molar refractivity (Wildman–Crippen MR) is 209 cm³/mol. The Morgan fingerprint density at radius 3 is 1.20 bits per heavy atom. The largest absolute Gasteiger partial charge is 0.544 e. The Kier molecular flexibility index (Phi) is 11.5. The molecule has 0 atom stereocenters. The van der Waals surface area contributed by atoms with E-state index in [2.05, 4.69) is 67.7 Å². The van der Waals surface area contributed by atoms with Crippen molar-refractivity contribution in [1.82, 2.24) is 0 Å². The number of hydrogen-bond acceptors (Lipinski definition) is 8. The minimum atomic E-state index is -2.11. The molecule has 278 valence electrons. The molecule has 0 spiro atoms. The first kappa shape index (κ1) is 40.0. The van der Waals surface area contributed by atoms with Gasteiger partial charge in [-0.15, -0.1) is 0 Å². The van der Waals surface area contributed by atoms with Crippen LogP contribution in [0.4, 0.5) is 0 Å². The zero-order valence-electron chi connectivity index (χ0n) is 33.2.